The summed E-state index contributed by atoms with van der Waals surface area (Å²) in [6.07, 6.45) is 3.06. The summed E-state index contributed by atoms with van der Waals surface area (Å²) in [6.45, 7) is 8.32. The molecule has 2 aliphatic heterocycles. The number of nitrogens with zero attached hydrogens (tertiary/aromatic N) is 1. The zero-order valence-corrected chi connectivity index (χ0v) is 14.6. The predicted octanol–water partition coefficient (Wildman–Crippen LogP) is 2.85. The quantitative estimate of drug-likeness (QED) is 0.847. The highest BCUT2D eigenvalue weighted by molar-refractivity contribution is 7.62. The minimum Gasteiger partial charge on any atom is -0.372 e. The Morgan fingerprint density at radius 1 is 1.27 bits per heavy atom. The molecule has 1 N–H and O–H groups in total. The van der Waals surface area contributed by atoms with Crippen molar-refractivity contribution in [3.63, 3.8) is 0 Å². The first kappa shape index (κ1) is 16.2. The fraction of sp³-hybridized carbons (Fsp3) is 0.647. The smallest absolute Gasteiger partial charge is 0.0951 e. The SMILES string of the molecule is CP(C)(=O)CN1CCC(NCc2cccc3c2COC3)CC1. The molecule has 122 valence electrons. The first-order chi connectivity index (χ1) is 10.5. The van der Waals surface area contributed by atoms with Crippen LogP contribution < -0.4 is 5.32 Å². The molecule has 0 radical (unpaired) electrons. The van der Waals surface area contributed by atoms with Gasteiger partial charge in [-0.15, -0.1) is 0 Å². The van der Waals surface area contributed by atoms with Gasteiger partial charge in [0.05, 0.1) is 26.6 Å². The molecule has 1 aromatic rings. The average molecular weight is 322 g/mol. The molecule has 0 saturated carbocycles. The van der Waals surface area contributed by atoms with Crippen molar-refractivity contribution in [3.05, 3.63) is 34.9 Å². The van der Waals surface area contributed by atoms with Gasteiger partial charge < -0.3 is 14.6 Å². The molecule has 5 heteroatoms. The third kappa shape index (κ3) is 4.20. The van der Waals surface area contributed by atoms with Gasteiger partial charge in [-0.2, -0.15) is 0 Å². The van der Waals surface area contributed by atoms with E-state index >= 15 is 0 Å². The lowest BCUT2D eigenvalue weighted by molar-refractivity contribution is 0.134. The summed E-state index contributed by atoms with van der Waals surface area (Å²) in [5.74, 6) is 0. The lowest BCUT2D eigenvalue weighted by Gasteiger charge is -2.33. The van der Waals surface area contributed by atoms with Crippen LogP contribution in [0.4, 0.5) is 0 Å². The lowest BCUT2D eigenvalue weighted by atomic mass is 10.0. The second kappa shape index (κ2) is 6.84. The monoisotopic (exact) mass is 322 g/mol. The number of piperidine rings is 1. The van der Waals surface area contributed by atoms with Crippen LogP contribution in [0.25, 0.3) is 0 Å². The third-order valence-electron chi connectivity index (χ3n) is 4.58. The van der Waals surface area contributed by atoms with Gasteiger partial charge >= 0.3 is 0 Å². The molecule has 1 aromatic carbocycles. The van der Waals surface area contributed by atoms with E-state index in [4.69, 9.17) is 4.74 Å². The van der Waals surface area contributed by atoms with Gasteiger partial charge in [0.25, 0.3) is 0 Å². The minimum absolute atomic E-state index is 0.572. The minimum atomic E-state index is -1.93. The molecule has 0 atom stereocenters. The Morgan fingerprint density at radius 3 is 2.77 bits per heavy atom. The van der Waals surface area contributed by atoms with E-state index in [1.165, 1.54) is 16.7 Å². The molecule has 1 fully saturated rings. The van der Waals surface area contributed by atoms with Gasteiger partial charge in [0.1, 0.15) is 0 Å². The summed E-state index contributed by atoms with van der Waals surface area (Å²) in [5.41, 5.74) is 4.10. The number of hydrogen-bond acceptors (Lipinski definition) is 4. The number of ether oxygens (including phenoxy) is 1. The molecule has 0 unspecified atom stereocenters. The van der Waals surface area contributed by atoms with Crippen LogP contribution in [0.3, 0.4) is 0 Å². The van der Waals surface area contributed by atoms with Crippen molar-refractivity contribution in [1.29, 1.82) is 0 Å². The van der Waals surface area contributed by atoms with E-state index in [0.717, 1.165) is 52.0 Å². The molecule has 2 heterocycles. The Bertz CT molecular complexity index is 562. The van der Waals surface area contributed by atoms with Crippen molar-refractivity contribution in [2.24, 2.45) is 0 Å². The van der Waals surface area contributed by atoms with Crippen LogP contribution in [0, 0.1) is 0 Å². The van der Waals surface area contributed by atoms with Gasteiger partial charge in [0, 0.05) is 25.7 Å². The maximum Gasteiger partial charge on any atom is 0.0951 e. The molecule has 0 bridgehead atoms. The fourth-order valence-electron chi connectivity index (χ4n) is 3.45. The predicted molar refractivity (Wildman–Crippen MR) is 90.7 cm³/mol. The van der Waals surface area contributed by atoms with Crippen LogP contribution in [-0.2, 0) is 29.1 Å². The Morgan fingerprint density at radius 2 is 2.05 bits per heavy atom. The largest absolute Gasteiger partial charge is 0.372 e. The average Bonchev–Trinajstić information content (AvgIpc) is 2.94. The fourth-order valence-corrected chi connectivity index (χ4v) is 4.70. The molecule has 0 spiro atoms. The second-order valence-corrected chi connectivity index (χ2v) is 10.5. The molecule has 0 aliphatic carbocycles. The Kier molecular flexibility index (Phi) is 5.03. The van der Waals surface area contributed by atoms with Crippen molar-refractivity contribution >= 4 is 7.14 Å². The van der Waals surface area contributed by atoms with Crippen LogP contribution in [0.5, 0.6) is 0 Å². The van der Waals surface area contributed by atoms with Crippen LogP contribution in [0.15, 0.2) is 18.2 Å². The van der Waals surface area contributed by atoms with Crippen LogP contribution in [0.1, 0.15) is 29.5 Å². The van der Waals surface area contributed by atoms with Gasteiger partial charge in [-0.1, -0.05) is 18.2 Å². The van der Waals surface area contributed by atoms with Gasteiger partial charge in [-0.3, -0.25) is 4.90 Å². The topological polar surface area (TPSA) is 41.6 Å². The number of fused-ring (bicyclic) bond motifs is 1. The van der Waals surface area contributed by atoms with Crippen LogP contribution >= 0.6 is 7.14 Å². The zero-order chi connectivity index (χ0) is 15.6. The summed E-state index contributed by atoms with van der Waals surface area (Å²) in [6, 6.07) is 7.08. The van der Waals surface area contributed by atoms with E-state index in [9.17, 15) is 4.57 Å². The number of hydrogen-bond donors (Lipinski definition) is 1. The van der Waals surface area contributed by atoms with Crippen molar-refractivity contribution < 1.29 is 9.30 Å². The number of nitrogens with one attached hydrogen (secondary N) is 1. The highest BCUT2D eigenvalue weighted by Crippen LogP contribution is 2.37. The lowest BCUT2D eigenvalue weighted by Crippen LogP contribution is -2.42. The molecule has 1 saturated heterocycles. The van der Waals surface area contributed by atoms with E-state index in [-0.39, 0.29) is 0 Å². The summed E-state index contributed by atoms with van der Waals surface area (Å²) in [7, 11) is -1.93. The maximum absolute atomic E-state index is 11.9. The van der Waals surface area contributed by atoms with Crippen LogP contribution in [-0.4, -0.2) is 43.6 Å². The third-order valence-corrected chi connectivity index (χ3v) is 5.66. The van der Waals surface area contributed by atoms with Crippen molar-refractivity contribution in [1.82, 2.24) is 10.2 Å². The van der Waals surface area contributed by atoms with Gasteiger partial charge in [-0.05, 0) is 42.9 Å². The number of benzene rings is 1. The van der Waals surface area contributed by atoms with Crippen molar-refractivity contribution in [2.75, 3.05) is 32.7 Å². The summed E-state index contributed by atoms with van der Waals surface area (Å²) in [5, 5.41) is 3.70. The van der Waals surface area contributed by atoms with E-state index in [2.05, 4.69) is 28.4 Å². The second-order valence-electron chi connectivity index (χ2n) is 7.04. The molecule has 0 amide bonds. The van der Waals surface area contributed by atoms with E-state index in [1.807, 2.05) is 13.3 Å². The molecule has 22 heavy (non-hydrogen) atoms. The summed E-state index contributed by atoms with van der Waals surface area (Å²) in [4.78, 5) is 2.35. The van der Waals surface area contributed by atoms with Gasteiger partial charge in [0.15, 0.2) is 0 Å². The Balaban J connectivity index is 1.48. The highest BCUT2D eigenvalue weighted by atomic mass is 31.2. The highest BCUT2D eigenvalue weighted by Gasteiger charge is 2.22. The Labute approximate surface area is 133 Å². The zero-order valence-electron chi connectivity index (χ0n) is 13.7. The maximum atomic E-state index is 11.9. The summed E-state index contributed by atoms with van der Waals surface area (Å²) >= 11 is 0. The standard InChI is InChI=1S/C17H27N2O2P/c1-22(2,20)13-19-8-6-16(7-9-19)18-10-14-4-3-5-15-11-21-12-17(14)15/h3-5,16,18H,6-13H2,1-2H3. The molecule has 2 aliphatic rings. The summed E-state index contributed by atoms with van der Waals surface area (Å²) < 4.78 is 17.5. The Hall–Kier alpha value is -0.670. The van der Waals surface area contributed by atoms with E-state index in [1.54, 1.807) is 0 Å². The number of rotatable bonds is 5. The van der Waals surface area contributed by atoms with E-state index < -0.39 is 7.14 Å². The first-order valence-corrected chi connectivity index (χ1v) is 11.0. The van der Waals surface area contributed by atoms with E-state index in [0.29, 0.717) is 6.04 Å². The molecular weight excluding hydrogens is 295 g/mol. The van der Waals surface area contributed by atoms with Gasteiger partial charge in [-0.25, -0.2) is 0 Å². The normalized spacial score (nSPS) is 20.3. The molecular formula is C17H27N2O2P. The van der Waals surface area contributed by atoms with Gasteiger partial charge in [0.2, 0.25) is 0 Å². The van der Waals surface area contributed by atoms with Crippen molar-refractivity contribution in [2.45, 2.75) is 38.6 Å². The first-order valence-electron chi connectivity index (χ1n) is 8.18. The molecule has 4 nitrogen and oxygen atoms in total. The number of likely N-dealkylation sites (tertiary alicyclic amines) is 1. The van der Waals surface area contributed by atoms with Crippen molar-refractivity contribution in [3.8, 4) is 0 Å². The molecule has 0 aromatic heterocycles. The van der Waals surface area contributed by atoms with Crippen LogP contribution in [0.2, 0.25) is 0 Å². The molecule has 3 rings (SSSR count).